The van der Waals surface area contributed by atoms with Gasteiger partial charge < -0.3 is 0 Å². The number of rotatable bonds is 0. The molecule has 0 saturated heterocycles. The van der Waals surface area contributed by atoms with Crippen molar-refractivity contribution in [3.05, 3.63) is 29.3 Å². The highest BCUT2D eigenvalue weighted by molar-refractivity contribution is 7.18. The van der Waals surface area contributed by atoms with E-state index in [1.165, 1.54) is 10.3 Å². The molecular weight excluding hydrogens is 166 g/mol. The molecular formula is C10H13NS. The van der Waals surface area contributed by atoms with Gasteiger partial charge in [0.2, 0.25) is 0 Å². The summed E-state index contributed by atoms with van der Waals surface area (Å²) in [6.45, 7) is 6.10. The lowest BCUT2D eigenvalue weighted by Gasteiger charge is -1.81. The molecule has 2 aromatic heterocycles. The van der Waals surface area contributed by atoms with E-state index in [0.29, 0.717) is 0 Å². The average molecular weight is 179 g/mol. The number of aromatic nitrogens is 1. The summed E-state index contributed by atoms with van der Waals surface area (Å²) in [6.07, 6.45) is 1.83. The van der Waals surface area contributed by atoms with Crippen molar-refractivity contribution in [1.29, 1.82) is 0 Å². The third kappa shape index (κ3) is 1.83. The van der Waals surface area contributed by atoms with Crippen LogP contribution in [-0.4, -0.2) is 4.98 Å². The van der Waals surface area contributed by atoms with Gasteiger partial charge >= 0.3 is 0 Å². The van der Waals surface area contributed by atoms with Gasteiger partial charge in [0.15, 0.2) is 0 Å². The first-order valence-corrected chi connectivity index (χ1v) is 4.99. The molecule has 0 radical (unpaired) electrons. The second-order valence-corrected chi connectivity index (χ2v) is 3.49. The normalized spacial score (nSPS) is 9.25. The fraction of sp³-hybridized carbons (Fsp3) is 0.300. The lowest BCUT2D eigenvalue weighted by molar-refractivity contribution is 1.45. The van der Waals surface area contributed by atoms with E-state index in [9.17, 15) is 0 Å². The van der Waals surface area contributed by atoms with Crippen molar-refractivity contribution < 1.29 is 0 Å². The Morgan fingerprint density at radius 2 is 2.08 bits per heavy atom. The van der Waals surface area contributed by atoms with Crippen molar-refractivity contribution in [3.8, 4) is 0 Å². The largest absolute Gasteiger partial charge is 0.245 e. The van der Waals surface area contributed by atoms with Crippen LogP contribution in [0.1, 0.15) is 18.7 Å². The Labute approximate surface area is 77.1 Å². The van der Waals surface area contributed by atoms with E-state index in [2.05, 4.69) is 24.0 Å². The standard InChI is InChI=1S/C8H7NS.C2H6/c1-6-5-7-3-2-4-9-8(7)10-6;1-2/h2-5H,1H3;1-2H3. The van der Waals surface area contributed by atoms with Crippen LogP contribution in [0.4, 0.5) is 0 Å². The van der Waals surface area contributed by atoms with E-state index in [1.807, 2.05) is 26.1 Å². The monoisotopic (exact) mass is 179 g/mol. The Balaban J connectivity index is 0.000000336. The van der Waals surface area contributed by atoms with E-state index in [0.717, 1.165) is 4.83 Å². The van der Waals surface area contributed by atoms with Crippen LogP contribution in [0.15, 0.2) is 24.4 Å². The number of hydrogen-bond acceptors (Lipinski definition) is 2. The van der Waals surface area contributed by atoms with Gasteiger partial charge in [0.1, 0.15) is 4.83 Å². The van der Waals surface area contributed by atoms with Gasteiger partial charge in [-0.3, -0.25) is 0 Å². The fourth-order valence-corrected chi connectivity index (χ4v) is 1.85. The number of pyridine rings is 1. The topological polar surface area (TPSA) is 12.9 Å². The highest BCUT2D eigenvalue weighted by atomic mass is 32.1. The van der Waals surface area contributed by atoms with Gasteiger partial charge in [-0.15, -0.1) is 11.3 Å². The molecule has 0 unspecified atom stereocenters. The first kappa shape index (κ1) is 9.20. The molecule has 0 aromatic carbocycles. The molecule has 0 spiro atoms. The van der Waals surface area contributed by atoms with E-state index >= 15 is 0 Å². The van der Waals surface area contributed by atoms with Crippen LogP contribution in [0, 0.1) is 6.92 Å². The maximum absolute atomic E-state index is 4.22. The Kier molecular flexibility index (Phi) is 3.23. The molecule has 2 heteroatoms. The highest BCUT2D eigenvalue weighted by Gasteiger charge is 1.95. The van der Waals surface area contributed by atoms with Crippen molar-refractivity contribution in [1.82, 2.24) is 4.98 Å². The molecule has 1 nitrogen and oxygen atoms in total. The van der Waals surface area contributed by atoms with Gasteiger partial charge in [-0.05, 0) is 19.1 Å². The minimum absolute atomic E-state index is 1.14. The molecule has 0 N–H and O–H groups in total. The number of aryl methyl sites for hydroxylation is 1. The highest BCUT2D eigenvalue weighted by Crippen LogP contribution is 2.21. The zero-order valence-corrected chi connectivity index (χ0v) is 8.48. The average Bonchev–Trinajstić information content (AvgIpc) is 2.48. The molecule has 0 bridgehead atoms. The molecule has 0 saturated carbocycles. The minimum Gasteiger partial charge on any atom is -0.245 e. The van der Waals surface area contributed by atoms with E-state index in [-0.39, 0.29) is 0 Å². The van der Waals surface area contributed by atoms with E-state index in [4.69, 9.17) is 0 Å². The smallest absolute Gasteiger partial charge is 0.123 e. The molecule has 12 heavy (non-hydrogen) atoms. The lowest BCUT2D eigenvalue weighted by Crippen LogP contribution is -1.65. The zero-order valence-electron chi connectivity index (χ0n) is 7.66. The molecule has 0 fully saturated rings. The van der Waals surface area contributed by atoms with Crippen LogP contribution in [0.2, 0.25) is 0 Å². The maximum atomic E-state index is 4.22. The van der Waals surface area contributed by atoms with Crippen molar-refractivity contribution in [3.63, 3.8) is 0 Å². The number of hydrogen-bond donors (Lipinski definition) is 0. The third-order valence-corrected chi connectivity index (χ3v) is 2.39. The first-order valence-electron chi connectivity index (χ1n) is 4.17. The van der Waals surface area contributed by atoms with Crippen LogP contribution in [-0.2, 0) is 0 Å². The van der Waals surface area contributed by atoms with E-state index in [1.54, 1.807) is 11.3 Å². The summed E-state index contributed by atoms with van der Waals surface area (Å²) in [4.78, 5) is 6.69. The van der Waals surface area contributed by atoms with Gasteiger partial charge in [-0.1, -0.05) is 19.9 Å². The first-order chi connectivity index (χ1) is 5.86. The summed E-state index contributed by atoms with van der Waals surface area (Å²) in [5.41, 5.74) is 0. The van der Waals surface area contributed by atoms with Gasteiger partial charge in [0, 0.05) is 16.5 Å². The van der Waals surface area contributed by atoms with E-state index < -0.39 is 0 Å². The molecule has 0 aliphatic heterocycles. The number of nitrogens with zero attached hydrogens (tertiary/aromatic N) is 1. The Bertz CT molecular complexity index is 318. The Morgan fingerprint density at radius 3 is 2.75 bits per heavy atom. The Morgan fingerprint density at radius 1 is 1.33 bits per heavy atom. The van der Waals surface area contributed by atoms with Crippen molar-refractivity contribution in [2.24, 2.45) is 0 Å². The summed E-state index contributed by atoms with van der Waals surface area (Å²) >= 11 is 1.74. The van der Waals surface area contributed by atoms with Crippen LogP contribution in [0.25, 0.3) is 10.2 Å². The Hall–Kier alpha value is -0.890. The predicted octanol–water partition coefficient (Wildman–Crippen LogP) is 3.63. The number of fused-ring (bicyclic) bond motifs is 1. The van der Waals surface area contributed by atoms with Crippen molar-refractivity contribution in [2.45, 2.75) is 20.8 Å². The van der Waals surface area contributed by atoms with Gasteiger partial charge in [-0.2, -0.15) is 0 Å². The minimum atomic E-state index is 1.14. The molecule has 0 aliphatic rings. The summed E-state index contributed by atoms with van der Waals surface area (Å²) < 4.78 is 0. The summed E-state index contributed by atoms with van der Waals surface area (Å²) in [5, 5.41) is 1.25. The van der Waals surface area contributed by atoms with Crippen molar-refractivity contribution in [2.75, 3.05) is 0 Å². The number of thiophene rings is 1. The molecule has 0 aliphatic carbocycles. The van der Waals surface area contributed by atoms with Crippen LogP contribution in [0.5, 0.6) is 0 Å². The summed E-state index contributed by atoms with van der Waals surface area (Å²) in [6, 6.07) is 6.22. The second-order valence-electron chi connectivity index (χ2n) is 2.25. The maximum Gasteiger partial charge on any atom is 0.123 e. The lowest BCUT2D eigenvalue weighted by atomic mass is 10.3. The van der Waals surface area contributed by atoms with Crippen molar-refractivity contribution >= 4 is 21.6 Å². The predicted molar refractivity (Wildman–Crippen MR) is 55.7 cm³/mol. The molecule has 2 rings (SSSR count). The van der Waals surface area contributed by atoms with Crippen LogP contribution < -0.4 is 0 Å². The third-order valence-electron chi connectivity index (χ3n) is 1.42. The van der Waals surface area contributed by atoms with Crippen LogP contribution >= 0.6 is 11.3 Å². The fourth-order valence-electron chi connectivity index (χ4n) is 0.999. The molecule has 2 aromatic rings. The van der Waals surface area contributed by atoms with Crippen LogP contribution in [0.3, 0.4) is 0 Å². The van der Waals surface area contributed by atoms with Gasteiger partial charge in [0.05, 0.1) is 0 Å². The molecule has 0 atom stereocenters. The van der Waals surface area contributed by atoms with Gasteiger partial charge in [-0.25, -0.2) is 4.98 Å². The molecule has 0 amide bonds. The summed E-state index contributed by atoms with van der Waals surface area (Å²) in [7, 11) is 0. The SMILES string of the molecule is CC.Cc1cc2cccnc2s1. The summed E-state index contributed by atoms with van der Waals surface area (Å²) in [5.74, 6) is 0. The molecule has 64 valence electrons. The quantitative estimate of drug-likeness (QED) is 0.601. The second kappa shape index (κ2) is 4.21. The zero-order chi connectivity index (χ0) is 8.97. The molecule has 2 heterocycles. The van der Waals surface area contributed by atoms with Gasteiger partial charge in [0.25, 0.3) is 0 Å².